The summed E-state index contributed by atoms with van der Waals surface area (Å²) in [5.74, 6) is 0.101. The molecule has 0 aliphatic carbocycles. The van der Waals surface area contributed by atoms with Crippen molar-refractivity contribution < 1.29 is 13.2 Å². The van der Waals surface area contributed by atoms with Gasteiger partial charge in [-0.05, 0) is 43.5 Å². The number of nitrogens with zero attached hydrogens (tertiary/aromatic N) is 1. The van der Waals surface area contributed by atoms with Crippen molar-refractivity contribution in [2.75, 3.05) is 28.5 Å². The van der Waals surface area contributed by atoms with Crippen molar-refractivity contribution in [3.63, 3.8) is 0 Å². The van der Waals surface area contributed by atoms with Gasteiger partial charge in [0.05, 0.1) is 16.9 Å². The van der Waals surface area contributed by atoms with E-state index < -0.39 is 15.4 Å². The monoisotopic (exact) mass is 339 g/mol. The van der Waals surface area contributed by atoms with E-state index in [0.717, 1.165) is 0 Å². The van der Waals surface area contributed by atoms with Crippen molar-refractivity contribution in [2.45, 2.75) is 33.1 Å². The van der Waals surface area contributed by atoms with Gasteiger partial charge in [0, 0.05) is 18.8 Å². The van der Waals surface area contributed by atoms with Crippen molar-refractivity contribution >= 4 is 27.3 Å². The van der Waals surface area contributed by atoms with Crippen molar-refractivity contribution in [3.8, 4) is 0 Å². The molecule has 1 heterocycles. The lowest BCUT2D eigenvalue weighted by Crippen LogP contribution is -2.41. The summed E-state index contributed by atoms with van der Waals surface area (Å²) in [5, 5.41) is 2.89. The van der Waals surface area contributed by atoms with Gasteiger partial charge in [-0.25, -0.2) is 8.42 Å². The molecule has 128 valence electrons. The molecule has 0 bridgehead atoms. The number of hydrogen-bond donors (Lipinski definition) is 2. The SMILES string of the molecule is CCC(CC)(CN)C(=O)Nc1ccc(N2CCCS2(=O)=O)cc1. The van der Waals surface area contributed by atoms with Gasteiger partial charge >= 0.3 is 0 Å². The Morgan fingerprint density at radius 2 is 1.87 bits per heavy atom. The van der Waals surface area contributed by atoms with Crippen LogP contribution in [0.2, 0.25) is 0 Å². The molecule has 23 heavy (non-hydrogen) atoms. The quantitative estimate of drug-likeness (QED) is 0.828. The van der Waals surface area contributed by atoms with Crippen LogP contribution in [0.3, 0.4) is 0 Å². The largest absolute Gasteiger partial charge is 0.329 e. The summed E-state index contributed by atoms with van der Waals surface area (Å²) in [6, 6.07) is 6.91. The van der Waals surface area contributed by atoms with Crippen LogP contribution in [0, 0.1) is 5.41 Å². The van der Waals surface area contributed by atoms with E-state index in [1.54, 1.807) is 24.3 Å². The standard InChI is InChI=1S/C16H25N3O3S/c1-3-16(4-2,12-17)15(20)18-13-6-8-14(9-7-13)19-10-5-11-23(19,21)22/h6-9H,3-5,10-12,17H2,1-2H3,(H,18,20). The molecule has 1 aliphatic rings. The minimum atomic E-state index is -3.18. The minimum Gasteiger partial charge on any atom is -0.329 e. The first-order chi connectivity index (χ1) is 10.9. The number of nitrogens with one attached hydrogen (secondary N) is 1. The number of anilines is 2. The Morgan fingerprint density at radius 3 is 2.30 bits per heavy atom. The van der Waals surface area contributed by atoms with Gasteiger partial charge in [0.25, 0.3) is 0 Å². The number of amides is 1. The first-order valence-electron chi connectivity index (χ1n) is 8.00. The van der Waals surface area contributed by atoms with Gasteiger partial charge < -0.3 is 11.1 Å². The first-order valence-corrected chi connectivity index (χ1v) is 9.61. The maximum absolute atomic E-state index is 12.5. The first kappa shape index (κ1) is 17.7. The van der Waals surface area contributed by atoms with Crippen LogP contribution in [0.25, 0.3) is 0 Å². The summed E-state index contributed by atoms with van der Waals surface area (Å²) in [7, 11) is -3.18. The average Bonchev–Trinajstić information content (AvgIpc) is 2.90. The van der Waals surface area contributed by atoms with Gasteiger partial charge in [-0.1, -0.05) is 13.8 Å². The number of carbonyl (C=O) groups is 1. The molecule has 0 saturated carbocycles. The van der Waals surface area contributed by atoms with E-state index in [0.29, 0.717) is 43.7 Å². The predicted octanol–water partition coefficient (Wildman–Crippen LogP) is 1.93. The van der Waals surface area contributed by atoms with Crippen LogP contribution in [0.15, 0.2) is 24.3 Å². The second kappa shape index (κ2) is 6.88. The molecule has 0 aromatic heterocycles. The highest BCUT2D eigenvalue weighted by Gasteiger charge is 2.33. The van der Waals surface area contributed by atoms with Crippen LogP contribution in [0.5, 0.6) is 0 Å². The molecule has 1 fully saturated rings. The van der Waals surface area contributed by atoms with E-state index in [-0.39, 0.29) is 11.7 Å². The van der Waals surface area contributed by atoms with Gasteiger partial charge in [0.15, 0.2) is 0 Å². The molecule has 0 atom stereocenters. The predicted molar refractivity (Wildman–Crippen MR) is 92.9 cm³/mol. The Labute approximate surface area is 138 Å². The highest BCUT2D eigenvalue weighted by molar-refractivity contribution is 7.93. The molecule has 1 saturated heterocycles. The van der Waals surface area contributed by atoms with E-state index in [4.69, 9.17) is 5.73 Å². The van der Waals surface area contributed by atoms with Crippen molar-refractivity contribution in [1.29, 1.82) is 0 Å². The van der Waals surface area contributed by atoms with Gasteiger partial charge in [-0.3, -0.25) is 9.10 Å². The van der Waals surface area contributed by atoms with E-state index in [1.165, 1.54) is 4.31 Å². The van der Waals surface area contributed by atoms with Crippen molar-refractivity contribution in [1.82, 2.24) is 0 Å². The van der Waals surface area contributed by atoms with Gasteiger partial charge in [0.2, 0.25) is 15.9 Å². The molecule has 0 spiro atoms. The fourth-order valence-electron chi connectivity index (χ4n) is 2.86. The average molecular weight is 339 g/mol. The fourth-order valence-corrected chi connectivity index (χ4v) is 4.42. The third-order valence-electron chi connectivity index (χ3n) is 4.74. The lowest BCUT2D eigenvalue weighted by atomic mass is 9.81. The van der Waals surface area contributed by atoms with Crippen molar-refractivity contribution in [3.05, 3.63) is 24.3 Å². The summed E-state index contributed by atoms with van der Waals surface area (Å²) in [6.07, 6.45) is 2.00. The lowest BCUT2D eigenvalue weighted by Gasteiger charge is -2.28. The zero-order valence-electron chi connectivity index (χ0n) is 13.7. The Balaban J connectivity index is 2.13. The number of carbonyl (C=O) groups excluding carboxylic acids is 1. The minimum absolute atomic E-state index is 0.0912. The second-order valence-electron chi connectivity index (χ2n) is 5.93. The van der Waals surface area contributed by atoms with E-state index in [2.05, 4.69) is 5.32 Å². The Kier molecular flexibility index (Phi) is 5.31. The number of nitrogens with two attached hydrogens (primary N) is 1. The Morgan fingerprint density at radius 1 is 1.26 bits per heavy atom. The van der Waals surface area contributed by atoms with E-state index in [9.17, 15) is 13.2 Å². The summed E-state index contributed by atoms with van der Waals surface area (Å²) in [6.45, 7) is 4.72. The molecule has 2 rings (SSSR count). The third kappa shape index (κ3) is 3.50. The highest BCUT2D eigenvalue weighted by Crippen LogP contribution is 2.28. The highest BCUT2D eigenvalue weighted by atomic mass is 32.2. The maximum Gasteiger partial charge on any atom is 0.235 e. The van der Waals surface area contributed by atoms with Crippen LogP contribution in [-0.2, 0) is 14.8 Å². The molecule has 1 aromatic rings. The number of sulfonamides is 1. The molecule has 1 amide bonds. The van der Waals surface area contributed by atoms with Gasteiger partial charge in [-0.15, -0.1) is 0 Å². The summed E-state index contributed by atoms with van der Waals surface area (Å²) in [4.78, 5) is 12.5. The number of benzene rings is 1. The third-order valence-corrected chi connectivity index (χ3v) is 6.61. The zero-order valence-corrected chi connectivity index (χ0v) is 14.5. The molecule has 0 unspecified atom stereocenters. The zero-order chi connectivity index (χ0) is 17.1. The van der Waals surface area contributed by atoms with Gasteiger partial charge in [0.1, 0.15) is 0 Å². The molecule has 1 aliphatic heterocycles. The molecule has 7 heteroatoms. The molecule has 0 radical (unpaired) electrons. The van der Waals surface area contributed by atoms with Crippen LogP contribution >= 0.6 is 0 Å². The maximum atomic E-state index is 12.5. The van der Waals surface area contributed by atoms with Crippen molar-refractivity contribution in [2.24, 2.45) is 11.1 Å². The normalized spacial score (nSPS) is 17.3. The fraction of sp³-hybridized carbons (Fsp3) is 0.562. The topological polar surface area (TPSA) is 92.5 Å². The Hall–Kier alpha value is -1.60. The van der Waals surface area contributed by atoms with E-state index in [1.807, 2.05) is 13.8 Å². The smallest absolute Gasteiger partial charge is 0.235 e. The van der Waals surface area contributed by atoms with Crippen LogP contribution in [-0.4, -0.2) is 33.2 Å². The van der Waals surface area contributed by atoms with Gasteiger partial charge in [-0.2, -0.15) is 0 Å². The number of rotatable bonds is 6. The molecule has 6 nitrogen and oxygen atoms in total. The summed E-state index contributed by atoms with van der Waals surface area (Å²) < 4.78 is 25.2. The molecular formula is C16H25N3O3S. The molecule has 1 aromatic carbocycles. The van der Waals surface area contributed by atoms with Crippen LogP contribution in [0.4, 0.5) is 11.4 Å². The molecule has 3 N–H and O–H groups in total. The van der Waals surface area contributed by atoms with E-state index >= 15 is 0 Å². The summed E-state index contributed by atoms with van der Waals surface area (Å²) in [5.41, 5.74) is 6.51. The lowest BCUT2D eigenvalue weighted by molar-refractivity contribution is -0.125. The molecular weight excluding hydrogens is 314 g/mol. The number of hydrogen-bond acceptors (Lipinski definition) is 4. The second-order valence-corrected chi connectivity index (χ2v) is 7.95. The Bertz CT molecular complexity index is 643. The summed E-state index contributed by atoms with van der Waals surface area (Å²) >= 11 is 0. The van der Waals surface area contributed by atoms with Crippen LogP contribution < -0.4 is 15.4 Å². The van der Waals surface area contributed by atoms with Crippen LogP contribution in [0.1, 0.15) is 33.1 Å².